The Morgan fingerprint density at radius 3 is 2.72 bits per heavy atom. The molecular weight excluding hydrogens is 532 g/mol. The van der Waals surface area contributed by atoms with Gasteiger partial charge in [0.25, 0.3) is 5.91 Å². The Balaban J connectivity index is 1.20. The number of nitrogens with zero attached hydrogens (tertiary/aromatic N) is 4. The van der Waals surface area contributed by atoms with E-state index >= 15 is 0 Å². The third-order valence-electron chi connectivity index (χ3n) is 6.93. The summed E-state index contributed by atoms with van der Waals surface area (Å²) in [5, 5.41) is 18.0. The van der Waals surface area contributed by atoms with Gasteiger partial charge in [-0.2, -0.15) is 0 Å². The molecule has 4 aromatic rings. The topological polar surface area (TPSA) is 93.6 Å². The summed E-state index contributed by atoms with van der Waals surface area (Å²) in [4.78, 5) is 27.6. The number of anilines is 1. The number of rotatable bonds is 10. The summed E-state index contributed by atoms with van der Waals surface area (Å²) < 4.78 is 0.956. The van der Waals surface area contributed by atoms with Gasteiger partial charge in [0.2, 0.25) is 5.95 Å². The zero-order chi connectivity index (χ0) is 27.2. The highest BCUT2D eigenvalue weighted by atomic mass is 35.5. The number of hydrogen-bond donors (Lipinski definition) is 3. The summed E-state index contributed by atoms with van der Waals surface area (Å²) >= 11 is 8.02. The van der Waals surface area contributed by atoms with Crippen molar-refractivity contribution in [2.45, 2.75) is 12.5 Å². The van der Waals surface area contributed by atoms with Crippen molar-refractivity contribution < 1.29 is 9.90 Å². The fourth-order valence-electron chi connectivity index (χ4n) is 4.57. The third-order valence-corrected chi connectivity index (χ3v) is 8.31. The maximum Gasteiger partial charge on any atom is 0.251 e. The third kappa shape index (κ3) is 7.12. The first kappa shape index (κ1) is 27.5. The predicted molar refractivity (Wildman–Crippen MR) is 159 cm³/mol. The molecule has 5 rings (SSSR count). The average molecular weight is 565 g/mol. The number of aliphatic hydroxyl groups is 1. The summed E-state index contributed by atoms with van der Waals surface area (Å²) in [5.41, 5.74) is 1.97. The number of halogens is 1. The summed E-state index contributed by atoms with van der Waals surface area (Å²) in [5.74, 6) is 0.326. The van der Waals surface area contributed by atoms with Crippen molar-refractivity contribution in [3.05, 3.63) is 76.9 Å². The highest BCUT2D eigenvalue weighted by Gasteiger charge is 2.16. The lowest BCUT2D eigenvalue weighted by molar-refractivity contribution is 0.0916. The van der Waals surface area contributed by atoms with Crippen LogP contribution in [0.2, 0.25) is 5.02 Å². The van der Waals surface area contributed by atoms with E-state index in [4.69, 9.17) is 16.6 Å². The number of hydrogen-bond acceptors (Lipinski definition) is 8. The standard InChI is InChI=1S/C29H33ClN6O2S/c1-35-12-14-36(15-13-35)11-5-10-31-29-33-18-23(30)27(34-29)26-16-21-8-9-22(17-25(21)39-26)28(38)32-19-24(37)20-6-3-2-4-7-20/h2-4,6-9,16-18,24,37H,5,10-15,19H2,1H3,(H,32,38)(H,31,33,34). The molecule has 8 nitrogen and oxygen atoms in total. The number of thiophene rings is 1. The van der Waals surface area contributed by atoms with Crippen LogP contribution < -0.4 is 10.6 Å². The first-order chi connectivity index (χ1) is 19.0. The molecule has 1 amide bonds. The number of aliphatic hydroxyl groups excluding tert-OH is 1. The molecular formula is C29H33ClN6O2S. The van der Waals surface area contributed by atoms with E-state index in [9.17, 15) is 9.90 Å². The van der Waals surface area contributed by atoms with Crippen molar-refractivity contribution in [1.82, 2.24) is 25.1 Å². The first-order valence-electron chi connectivity index (χ1n) is 13.2. The molecule has 3 N–H and O–H groups in total. The number of amides is 1. The van der Waals surface area contributed by atoms with Crippen molar-refractivity contribution >= 4 is 44.9 Å². The van der Waals surface area contributed by atoms with Crippen molar-refractivity contribution in [2.75, 3.05) is 58.2 Å². The normalized spacial score (nSPS) is 15.4. The van der Waals surface area contributed by atoms with E-state index in [1.165, 1.54) is 11.3 Å². The molecule has 204 valence electrons. The monoisotopic (exact) mass is 564 g/mol. The Hall–Kier alpha value is -3.08. The molecule has 1 atom stereocenters. The highest BCUT2D eigenvalue weighted by molar-refractivity contribution is 7.22. The second-order valence-electron chi connectivity index (χ2n) is 9.82. The Morgan fingerprint density at radius 2 is 1.92 bits per heavy atom. The number of likely N-dealkylation sites (N-methyl/N-ethyl adjacent to an activating group) is 1. The molecule has 1 saturated heterocycles. The summed E-state index contributed by atoms with van der Waals surface area (Å²) in [6, 6.07) is 16.9. The molecule has 10 heteroatoms. The van der Waals surface area contributed by atoms with Gasteiger partial charge in [0, 0.05) is 49.5 Å². The molecule has 2 aromatic carbocycles. The molecule has 1 fully saturated rings. The molecule has 0 bridgehead atoms. The zero-order valence-corrected chi connectivity index (χ0v) is 23.5. The lowest BCUT2D eigenvalue weighted by Gasteiger charge is -2.32. The summed E-state index contributed by atoms with van der Waals surface area (Å²) in [7, 11) is 2.17. The second-order valence-corrected chi connectivity index (χ2v) is 11.3. The van der Waals surface area contributed by atoms with Gasteiger partial charge in [0.05, 0.1) is 22.2 Å². The van der Waals surface area contributed by atoms with E-state index in [0.29, 0.717) is 22.2 Å². The number of aromatic nitrogens is 2. The van der Waals surface area contributed by atoms with Crippen LogP contribution in [0.25, 0.3) is 20.7 Å². The molecule has 1 aliphatic rings. The zero-order valence-electron chi connectivity index (χ0n) is 21.9. The number of carbonyl (C=O) groups excluding carboxylic acids is 1. The van der Waals surface area contributed by atoms with Crippen molar-refractivity contribution in [3.63, 3.8) is 0 Å². The number of fused-ring (bicyclic) bond motifs is 1. The number of carbonyl (C=O) groups is 1. The van der Waals surface area contributed by atoms with Crippen LogP contribution in [-0.4, -0.2) is 83.6 Å². The van der Waals surface area contributed by atoms with Gasteiger partial charge < -0.3 is 25.5 Å². The van der Waals surface area contributed by atoms with Gasteiger partial charge in [-0.25, -0.2) is 9.97 Å². The van der Waals surface area contributed by atoms with E-state index in [2.05, 4.69) is 32.5 Å². The lowest BCUT2D eigenvalue weighted by atomic mass is 10.1. The Bertz CT molecular complexity index is 1410. The Labute approximate surface area is 237 Å². The van der Waals surface area contributed by atoms with Crippen LogP contribution in [0, 0.1) is 0 Å². The van der Waals surface area contributed by atoms with Crippen LogP contribution >= 0.6 is 22.9 Å². The van der Waals surface area contributed by atoms with Crippen LogP contribution in [0.1, 0.15) is 28.4 Å². The van der Waals surface area contributed by atoms with Crippen molar-refractivity contribution in [2.24, 2.45) is 0 Å². The smallest absolute Gasteiger partial charge is 0.251 e. The molecule has 39 heavy (non-hydrogen) atoms. The SMILES string of the molecule is CN1CCN(CCCNc2ncc(Cl)c(-c3cc4ccc(C(=O)NCC(O)c5ccccc5)cc4s3)n2)CC1. The fourth-order valence-corrected chi connectivity index (χ4v) is 5.93. The van der Waals surface area contributed by atoms with Gasteiger partial charge in [-0.15, -0.1) is 11.3 Å². The Morgan fingerprint density at radius 1 is 1.13 bits per heavy atom. The summed E-state index contributed by atoms with van der Waals surface area (Å²) in [6.45, 7) is 6.45. The van der Waals surface area contributed by atoms with Crippen molar-refractivity contribution in [3.8, 4) is 10.6 Å². The highest BCUT2D eigenvalue weighted by Crippen LogP contribution is 2.36. The van der Waals surface area contributed by atoms with Gasteiger partial charge >= 0.3 is 0 Å². The minimum absolute atomic E-state index is 0.137. The predicted octanol–water partition coefficient (Wildman–Crippen LogP) is 4.52. The second kappa shape index (κ2) is 12.8. The lowest BCUT2D eigenvalue weighted by Crippen LogP contribution is -2.44. The largest absolute Gasteiger partial charge is 0.387 e. The molecule has 0 aliphatic carbocycles. The number of piperazine rings is 1. The molecule has 1 unspecified atom stereocenters. The van der Waals surface area contributed by atoms with E-state index in [0.717, 1.165) is 66.2 Å². The molecule has 2 aromatic heterocycles. The van der Waals surface area contributed by atoms with E-state index in [1.807, 2.05) is 48.5 Å². The molecule has 0 spiro atoms. The van der Waals surface area contributed by atoms with Crippen LogP contribution in [0.5, 0.6) is 0 Å². The maximum absolute atomic E-state index is 12.8. The molecule has 0 saturated carbocycles. The van der Waals surface area contributed by atoms with E-state index in [-0.39, 0.29) is 12.5 Å². The van der Waals surface area contributed by atoms with Gasteiger partial charge in [-0.3, -0.25) is 4.79 Å². The quantitative estimate of drug-likeness (QED) is 0.244. The number of benzene rings is 2. The van der Waals surface area contributed by atoms with Crippen LogP contribution in [0.4, 0.5) is 5.95 Å². The maximum atomic E-state index is 12.8. The molecule has 0 radical (unpaired) electrons. The Kier molecular flexibility index (Phi) is 9.06. The van der Waals surface area contributed by atoms with E-state index < -0.39 is 6.10 Å². The van der Waals surface area contributed by atoms with Gasteiger partial charge in [0.15, 0.2) is 0 Å². The molecule has 1 aliphatic heterocycles. The van der Waals surface area contributed by atoms with Crippen molar-refractivity contribution in [1.29, 1.82) is 0 Å². The summed E-state index contributed by atoms with van der Waals surface area (Å²) in [6.07, 6.45) is 1.89. The van der Waals surface area contributed by atoms with Gasteiger partial charge in [0.1, 0.15) is 5.69 Å². The first-order valence-corrected chi connectivity index (χ1v) is 14.4. The molecule has 3 heterocycles. The van der Waals surface area contributed by atoms with Crippen LogP contribution in [0.15, 0.2) is 60.8 Å². The van der Waals surface area contributed by atoms with Gasteiger partial charge in [-0.05, 0) is 49.2 Å². The van der Waals surface area contributed by atoms with Crippen LogP contribution in [0.3, 0.4) is 0 Å². The average Bonchev–Trinajstić information content (AvgIpc) is 3.39. The van der Waals surface area contributed by atoms with E-state index in [1.54, 1.807) is 12.3 Å². The minimum atomic E-state index is -0.762. The number of nitrogens with one attached hydrogen (secondary N) is 2. The van der Waals surface area contributed by atoms with Gasteiger partial charge in [-0.1, -0.05) is 48.0 Å². The fraction of sp³-hybridized carbons (Fsp3) is 0.345. The minimum Gasteiger partial charge on any atom is -0.387 e. The van der Waals surface area contributed by atoms with Crippen LogP contribution in [-0.2, 0) is 0 Å².